The minimum Gasteiger partial charge on any atom is -0.323 e. The van der Waals surface area contributed by atoms with E-state index in [1.54, 1.807) is 18.5 Å². The van der Waals surface area contributed by atoms with Crippen molar-refractivity contribution in [2.45, 2.75) is 47.6 Å². The number of nitrogens with zero attached hydrogens (tertiary/aromatic N) is 7. The van der Waals surface area contributed by atoms with E-state index in [1.807, 2.05) is 13.8 Å². The standard InChI is InChI=1S/C16H21N9O2/c1-8-14(12(5)26)10(3)24(20-8)7-6-13(27)17-15-9(2)21-25(11(15)4)16-18-22-23-19-16/h6-7H2,1-5H3,(H,17,27)(H,18,19,22,23). The molecule has 0 aliphatic carbocycles. The van der Waals surface area contributed by atoms with Crippen LogP contribution in [0.25, 0.3) is 5.95 Å². The first-order chi connectivity index (χ1) is 12.8. The molecule has 1 amide bonds. The highest BCUT2D eigenvalue weighted by molar-refractivity contribution is 5.96. The zero-order valence-electron chi connectivity index (χ0n) is 15.9. The lowest BCUT2D eigenvalue weighted by Gasteiger charge is -2.07. The Hall–Kier alpha value is -3.37. The number of aryl methyl sites for hydroxylation is 3. The molecule has 0 spiro atoms. The van der Waals surface area contributed by atoms with Crippen LogP contribution in [0, 0.1) is 27.7 Å². The Morgan fingerprint density at radius 2 is 1.81 bits per heavy atom. The van der Waals surface area contributed by atoms with Crippen molar-refractivity contribution in [3.05, 3.63) is 28.3 Å². The number of anilines is 1. The van der Waals surface area contributed by atoms with Crippen LogP contribution in [0.2, 0.25) is 0 Å². The van der Waals surface area contributed by atoms with Gasteiger partial charge in [0.2, 0.25) is 5.91 Å². The topological polar surface area (TPSA) is 136 Å². The van der Waals surface area contributed by atoms with E-state index < -0.39 is 0 Å². The van der Waals surface area contributed by atoms with Gasteiger partial charge in [-0.1, -0.05) is 5.10 Å². The van der Waals surface area contributed by atoms with Crippen molar-refractivity contribution in [1.82, 2.24) is 40.2 Å². The zero-order valence-corrected chi connectivity index (χ0v) is 15.9. The molecule has 0 saturated carbocycles. The first-order valence-electron chi connectivity index (χ1n) is 8.44. The van der Waals surface area contributed by atoms with Crippen molar-refractivity contribution in [1.29, 1.82) is 0 Å². The lowest BCUT2D eigenvalue weighted by Crippen LogP contribution is -2.16. The van der Waals surface area contributed by atoms with Gasteiger partial charge in [0, 0.05) is 18.7 Å². The lowest BCUT2D eigenvalue weighted by atomic mass is 10.1. The molecular weight excluding hydrogens is 350 g/mol. The third-order valence-corrected chi connectivity index (χ3v) is 4.36. The van der Waals surface area contributed by atoms with Crippen molar-refractivity contribution < 1.29 is 9.59 Å². The van der Waals surface area contributed by atoms with Crippen molar-refractivity contribution in [2.24, 2.45) is 0 Å². The molecule has 0 atom stereocenters. The molecule has 0 aliphatic heterocycles. The van der Waals surface area contributed by atoms with Crippen LogP contribution in [-0.4, -0.2) is 51.9 Å². The van der Waals surface area contributed by atoms with Crippen LogP contribution in [0.3, 0.4) is 0 Å². The van der Waals surface area contributed by atoms with Crippen molar-refractivity contribution in [3.8, 4) is 5.95 Å². The molecule has 3 heterocycles. The van der Waals surface area contributed by atoms with Gasteiger partial charge in [0.25, 0.3) is 5.95 Å². The smallest absolute Gasteiger partial charge is 0.290 e. The van der Waals surface area contributed by atoms with Gasteiger partial charge in [0.1, 0.15) is 0 Å². The van der Waals surface area contributed by atoms with Gasteiger partial charge in [-0.15, -0.1) is 5.10 Å². The van der Waals surface area contributed by atoms with E-state index >= 15 is 0 Å². The molecule has 3 rings (SSSR count). The molecule has 3 aromatic heterocycles. The SMILES string of the molecule is CC(=O)c1c(C)nn(CCC(=O)Nc2c(C)nn(-c3nn[nH]n3)c2C)c1C. The second kappa shape index (κ2) is 7.09. The molecule has 0 fully saturated rings. The van der Waals surface area contributed by atoms with Crippen LogP contribution in [0.1, 0.15) is 46.5 Å². The van der Waals surface area contributed by atoms with E-state index in [2.05, 4.69) is 36.1 Å². The maximum atomic E-state index is 12.4. The van der Waals surface area contributed by atoms with Gasteiger partial charge >= 0.3 is 0 Å². The Morgan fingerprint density at radius 1 is 1.07 bits per heavy atom. The lowest BCUT2D eigenvalue weighted by molar-refractivity contribution is -0.116. The van der Waals surface area contributed by atoms with Crippen molar-refractivity contribution >= 4 is 17.4 Å². The third kappa shape index (κ3) is 3.48. The second-order valence-electron chi connectivity index (χ2n) is 6.29. The summed E-state index contributed by atoms with van der Waals surface area (Å²) in [4.78, 5) is 24.1. The normalized spacial score (nSPS) is 11.0. The first-order valence-corrected chi connectivity index (χ1v) is 8.44. The summed E-state index contributed by atoms with van der Waals surface area (Å²) in [6, 6.07) is 0. The van der Waals surface area contributed by atoms with E-state index in [0.717, 1.165) is 5.69 Å². The van der Waals surface area contributed by atoms with E-state index in [9.17, 15) is 9.59 Å². The predicted molar refractivity (Wildman–Crippen MR) is 95.7 cm³/mol. The summed E-state index contributed by atoms with van der Waals surface area (Å²) < 4.78 is 3.20. The van der Waals surface area contributed by atoms with E-state index in [0.29, 0.717) is 40.8 Å². The maximum absolute atomic E-state index is 12.4. The highest BCUT2D eigenvalue weighted by atomic mass is 16.1. The van der Waals surface area contributed by atoms with Gasteiger partial charge in [0.15, 0.2) is 5.78 Å². The Bertz CT molecular complexity index is 998. The summed E-state index contributed by atoms with van der Waals surface area (Å²) in [5.74, 6) is 0.0992. The summed E-state index contributed by atoms with van der Waals surface area (Å²) >= 11 is 0. The number of aromatic nitrogens is 8. The fourth-order valence-electron chi connectivity index (χ4n) is 3.10. The maximum Gasteiger partial charge on any atom is 0.290 e. The fraction of sp³-hybridized carbons (Fsp3) is 0.438. The molecule has 0 aliphatic rings. The van der Waals surface area contributed by atoms with Crippen molar-refractivity contribution in [3.63, 3.8) is 0 Å². The first kappa shape index (κ1) is 18.4. The molecule has 0 radical (unpaired) electrons. The number of tetrazole rings is 1. The van der Waals surface area contributed by atoms with E-state index in [-0.39, 0.29) is 18.1 Å². The molecule has 11 heteroatoms. The third-order valence-electron chi connectivity index (χ3n) is 4.36. The predicted octanol–water partition coefficient (Wildman–Crippen LogP) is 1.05. The summed E-state index contributed by atoms with van der Waals surface area (Å²) in [5, 5.41) is 25.2. The van der Waals surface area contributed by atoms with Gasteiger partial charge in [-0.25, -0.2) is 0 Å². The number of Topliss-reactive ketones (excluding diaryl/α,β-unsaturated/α-hetero) is 1. The minimum absolute atomic E-state index is 0.0270. The molecule has 0 unspecified atom stereocenters. The molecule has 11 nitrogen and oxygen atoms in total. The molecule has 142 valence electrons. The quantitative estimate of drug-likeness (QED) is 0.618. The van der Waals surface area contributed by atoms with Crippen LogP contribution in [-0.2, 0) is 11.3 Å². The number of rotatable bonds is 6. The molecule has 3 aromatic rings. The number of H-pyrrole nitrogens is 1. The average molecular weight is 371 g/mol. The van der Waals surface area contributed by atoms with Gasteiger partial charge in [-0.05, 0) is 39.8 Å². The van der Waals surface area contributed by atoms with Gasteiger partial charge in [-0.2, -0.15) is 20.1 Å². The number of carbonyl (C=O) groups is 2. The molecule has 0 bridgehead atoms. The number of carbonyl (C=O) groups excluding carboxylic acids is 2. The molecule has 0 aromatic carbocycles. The fourth-order valence-corrected chi connectivity index (χ4v) is 3.10. The van der Waals surface area contributed by atoms with E-state index in [1.165, 1.54) is 11.6 Å². The van der Waals surface area contributed by atoms with E-state index in [4.69, 9.17) is 0 Å². The zero-order chi connectivity index (χ0) is 19.7. The van der Waals surface area contributed by atoms with Gasteiger partial charge in [0.05, 0.1) is 28.3 Å². The van der Waals surface area contributed by atoms with Crippen LogP contribution < -0.4 is 5.32 Å². The highest BCUT2D eigenvalue weighted by Gasteiger charge is 2.19. The van der Waals surface area contributed by atoms with Crippen molar-refractivity contribution in [2.75, 3.05) is 5.32 Å². The Morgan fingerprint density at radius 3 is 2.41 bits per heavy atom. The number of ketones is 1. The number of hydrogen-bond donors (Lipinski definition) is 2. The largest absolute Gasteiger partial charge is 0.323 e. The van der Waals surface area contributed by atoms with Crippen LogP contribution in [0.15, 0.2) is 0 Å². The van der Waals surface area contributed by atoms with Gasteiger partial charge < -0.3 is 5.32 Å². The number of aromatic amines is 1. The number of amides is 1. The average Bonchev–Trinajstić information content (AvgIpc) is 3.28. The number of nitrogens with one attached hydrogen (secondary N) is 2. The summed E-state index contributed by atoms with van der Waals surface area (Å²) in [5.41, 5.74) is 4.02. The van der Waals surface area contributed by atoms with Gasteiger partial charge in [-0.3, -0.25) is 14.3 Å². The monoisotopic (exact) mass is 371 g/mol. The Labute approximate surface area is 155 Å². The molecule has 27 heavy (non-hydrogen) atoms. The summed E-state index contributed by atoms with van der Waals surface area (Å²) in [6.45, 7) is 9.12. The molecular formula is C16H21N9O2. The summed E-state index contributed by atoms with van der Waals surface area (Å²) in [7, 11) is 0. The highest BCUT2D eigenvalue weighted by Crippen LogP contribution is 2.21. The van der Waals surface area contributed by atoms with Crippen LogP contribution >= 0.6 is 0 Å². The number of hydrogen-bond acceptors (Lipinski definition) is 7. The second-order valence-corrected chi connectivity index (χ2v) is 6.29. The molecule has 2 N–H and O–H groups in total. The van der Waals surface area contributed by atoms with Crippen LogP contribution in [0.5, 0.6) is 0 Å². The Kier molecular flexibility index (Phi) is 4.84. The molecule has 0 saturated heterocycles. The van der Waals surface area contributed by atoms with Crippen LogP contribution in [0.4, 0.5) is 5.69 Å². The minimum atomic E-state index is -0.175. The summed E-state index contributed by atoms with van der Waals surface area (Å²) in [6.07, 6.45) is 0.214. The Balaban J connectivity index is 1.71.